The predicted molar refractivity (Wildman–Crippen MR) is 69.7 cm³/mol. The van der Waals surface area contributed by atoms with Crippen molar-refractivity contribution in [3.8, 4) is 0 Å². The minimum atomic E-state index is -0.916. The number of anilines is 1. The molecule has 1 unspecified atom stereocenters. The van der Waals surface area contributed by atoms with Gasteiger partial charge in [0.2, 0.25) is 0 Å². The van der Waals surface area contributed by atoms with Gasteiger partial charge in [0.1, 0.15) is 22.3 Å². The molecule has 0 amide bonds. The quantitative estimate of drug-likeness (QED) is 0.802. The fraction of sp³-hybridized carbons (Fsp3) is 0.417. The molecular formula is C12H14F2N2OS. The van der Waals surface area contributed by atoms with Crippen LogP contribution in [0.15, 0.2) is 12.1 Å². The molecule has 3 N–H and O–H groups in total. The van der Waals surface area contributed by atoms with Crippen LogP contribution in [-0.2, 0) is 0 Å². The standard InChI is InChI=1S/C12H14F2N2OS/c1-12(17)2-3-16(6-12)10-8(13)4-7(11(15)18)5-9(10)14/h4-5,17H,2-3,6H2,1H3,(H2,15,18). The molecule has 2 rings (SSSR count). The number of thiocarbonyl (C=S) groups is 1. The molecule has 0 saturated carbocycles. The first-order valence-electron chi connectivity index (χ1n) is 5.56. The molecule has 1 saturated heterocycles. The molecule has 3 nitrogen and oxygen atoms in total. The Labute approximate surface area is 109 Å². The maximum atomic E-state index is 13.9. The van der Waals surface area contributed by atoms with E-state index in [0.717, 1.165) is 12.1 Å². The molecular weight excluding hydrogens is 258 g/mol. The van der Waals surface area contributed by atoms with E-state index in [0.29, 0.717) is 13.0 Å². The minimum Gasteiger partial charge on any atom is -0.389 e. The largest absolute Gasteiger partial charge is 0.389 e. The third-order valence-electron chi connectivity index (χ3n) is 3.07. The van der Waals surface area contributed by atoms with Gasteiger partial charge in [0.05, 0.1) is 5.60 Å². The molecule has 1 heterocycles. The fourth-order valence-corrected chi connectivity index (χ4v) is 2.26. The van der Waals surface area contributed by atoms with Crippen molar-refractivity contribution in [1.82, 2.24) is 0 Å². The lowest BCUT2D eigenvalue weighted by molar-refractivity contribution is 0.0839. The Kier molecular flexibility index (Phi) is 3.25. The van der Waals surface area contributed by atoms with Gasteiger partial charge < -0.3 is 15.7 Å². The van der Waals surface area contributed by atoms with Crippen LogP contribution in [0.5, 0.6) is 0 Å². The summed E-state index contributed by atoms with van der Waals surface area (Å²) in [5.41, 5.74) is 4.46. The van der Waals surface area contributed by atoms with Crippen molar-refractivity contribution in [1.29, 1.82) is 0 Å². The summed E-state index contributed by atoms with van der Waals surface area (Å²) >= 11 is 4.69. The Morgan fingerprint density at radius 2 is 2.00 bits per heavy atom. The van der Waals surface area contributed by atoms with Gasteiger partial charge in [-0.3, -0.25) is 0 Å². The van der Waals surface area contributed by atoms with E-state index >= 15 is 0 Å². The normalized spacial score (nSPS) is 23.4. The first kappa shape index (κ1) is 13.2. The van der Waals surface area contributed by atoms with Crippen LogP contribution in [0.1, 0.15) is 18.9 Å². The van der Waals surface area contributed by atoms with Gasteiger partial charge >= 0.3 is 0 Å². The van der Waals surface area contributed by atoms with Gasteiger partial charge in [-0.25, -0.2) is 8.78 Å². The lowest BCUT2D eigenvalue weighted by Crippen LogP contribution is -2.30. The Morgan fingerprint density at radius 3 is 2.39 bits per heavy atom. The zero-order valence-electron chi connectivity index (χ0n) is 9.91. The molecule has 0 spiro atoms. The van der Waals surface area contributed by atoms with Crippen LogP contribution in [0.25, 0.3) is 0 Å². The number of aliphatic hydroxyl groups is 1. The fourth-order valence-electron chi connectivity index (χ4n) is 2.15. The summed E-state index contributed by atoms with van der Waals surface area (Å²) in [6.45, 7) is 2.26. The molecule has 1 fully saturated rings. The molecule has 18 heavy (non-hydrogen) atoms. The molecule has 1 aromatic carbocycles. The zero-order valence-corrected chi connectivity index (χ0v) is 10.7. The van der Waals surface area contributed by atoms with Gasteiger partial charge in [-0.15, -0.1) is 0 Å². The summed E-state index contributed by atoms with van der Waals surface area (Å²) in [4.78, 5) is 1.45. The molecule has 1 aromatic rings. The molecule has 0 radical (unpaired) electrons. The van der Waals surface area contributed by atoms with Gasteiger partial charge in [0.15, 0.2) is 0 Å². The summed E-state index contributed by atoms with van der Waals surface area (Å²) in [5.74, 6) is -1.42. The van der Waals surface area contributed by atoms with Gasteiger partial charge in [0, 0.05) is 18.7 Å². The average Bonchev–Trinajstić information content (AvgIpc) is 2.57. The molecule has 0 aliphatic carbocycles. The van der Waals surface area contributed by atoms with E-state index in [2.05, 4.69) is 12.2 Å². The van der Waals surface area contributed by atoms with E-state index in [4.69, 9.17) is 5.73 Å². The highest BCUT2D eigenvalue weighted by Gasteiger charge is 2.34. The average molecular weight is 272 g/mol. The molecule has 0 bridgehead atoms. The van der Waals surface area contributed by atoms with Gasteiger partial charge in [-0.2, -0.15) is 0 Å². The van der Waals surface area contributed by atoms with E-state index in [9.17, 15) is 13.9 Å². The van der Waals surface area contributed by atoms with E-state index in [-0.39, 0.29) is 22.8 Å². The second-order valence-corrected chi connectivity index (χ2v) is 5.26. The Hall–Kier alpha value is -1.27. The smallest absolute Gasteiger partial charge is 0.150 e. The van der Waals surface area contributed by atoms with Crippen LogP contribution in [0, 0.1) is 11.6 Å². The number of nitrogens with zero attached hydrogens (tertiary/aromatic N) is 1. The lowest BCUT2D eigenvalue weighted by atomic mass is 10.1. The highest BCUT2D eigenvalue weighted by Crippen LogP contribution is 2.31. The number of rotatable bonds is 2. The molecule has 1 atom stereocenters. The van der Waals surface area contributed by atoms with Crippen molar-refractivity contribution in [3.63, 3.8) is 0 Å². The molecule has 98 valence electrons. The third-order valence-corrected chi connectivity index (χ3v) is 3.31. The Bertz CT molecular complexity index is 482. The summed E-state index contributed by atoms with van der Waals surface area (Å²) in [5, 5.41) is 9.82. The summed E-state index contributed by atoms with van der Waals surface area (Å²) in [6, 6.07) is 2.24. The van der Waals surface area contributed by atoms with Crippen molar-refractivity contribution in [2.45, 2.75) is 18.9 Å². The van der Waals surface area contributed by atoms with Crippen molar-refractivity contribution in [2.75, 3.05) is 18.0 Å². The number of hydrogen-bond donors (Lipinski definition) is 2. The topological polar surface area (TPSA) is 49.5 Å². The van der Waals surface area contributed by atoms with E-state index in [1.807, 2.05) is 0 Å². The van der Waals surface area contributed by atoms with Crippen molar-refractivity contribution in [2.24, 2.45) is 5.73 Å². The highest BCUT2D eigenvalue weighted by molar-refractivity contribution is 7.80. The van der Waals surface area contributed by atoms with Gasteiger partial charge in [-0.1, -0.05) is 12.2 Å². The summed E-state index contributed by atoms with van der Waals surface area (Å²) in [6.07, 6.45) is 0.475. The Balaban J connectivity index is 2.38. The summed E-state index contributed by atoms with van der Waals surface area (Å²) in [7, 11) is 0. The maximum Gasteiger partial charge on any atom is 0.150 e. The van der Waals surface area contributed by atoms with E-state index in [1.165, 1.54) is 4.90 Å². The molecule has 6 heteroatoms. The van der Waals surface area contributed by atoms with E-state index < -0.39 is 17.2 Å². The van der Waals surface area contributed by atoms with Crippen molar-refractivity contribution < 1.29 is 13.9 Å². The number of nitrogens with two attached hydrogens (primary N) is 1. The molecule has 0 aromatic heterocycles. The SMILES string of the molecule is CC1(O)CCN(c2c(F)cc(C(N)=S)cc2F)C1. The van der Waals surface area contributed by atoms with E-state index in [1.54, 1.807) is 6.92 Å². The first-order chi connectivity index (χ1) is 8.30. The van der Waals surface area contributed by atoms with Crippen molar-refractivity contribution >= 4 is 22.9 Å². The first-order valence-corrected chi connectivity index (χ1v) is 5.97. The van der Waals surface area contributed by atoms with Crippen LogP contribution < -0.4 is 10.6 Å². The van der Waals surface area contributed by atoms with Crippen LogP contribution in [0.3, 0.4) is 0 Å². The van der Waals surface area contributed by atoms with Gasteiger partial charge in [-0.05, 0) is 25.5 Å². The third kappa shape index (κ3) is 2.44. The number of β-amino-alcohol motifs (C(OH)–C–C–N with tert-alkyl or cyclic N) is 1. The molecule has 1 aliphatic heterocycles. The molecule has 1 aliphatic rings. The van der Waals surface area contributed by atoms with Gasteiger partial charge in [0.25, 0.3) is 0 Å². The monoisotopic (exact) mass is 272 g/mol. The van der Waals surface area contributed by atoms with Crippen LogP contribution in [-0.4, -0.2) is 28.8 Å². The predicted octanol–water partition coefficient (Wildman–Crippen LogP) is 1.56. The highest BCUT2D eigenvalue weighted by atomic mass is 32.1. The maximum absolute atomic E-state index is 13.9. The van der Waals surface area contributed by atoms with Crippen LogP contribution in [0.2, 0.25) is 0 Å². The van der Waals surface area contributed by atoms with Crippen LogP contribution in [0.4, 0.5) is 14.5 Å². The second-order valence-electron chi connectivity index (χ2n) is 4.82. The minimum absolute atomic E-state index is 0.0484. The second kappa shape index (κ2) is 4.44. The Morgan fingerprint density at radius 1 is 1.44 bits per heavy atom. The van der Waals surface area contributed by atoms with Crippen molar-refractivity contribution in [3.05, 3.63) is 29.3 Å². The zero-order chi connectivity index (χ0) is 13.5. The number of halogens is 2. The summed E-state index contributed by atoms with van der Waals surface area (Å²) < 4.78 is 27.8. The van der Waals surface area contributed by atoms with Crippen LogP contribution >= 0.6 is 12.2 Å². The number of benzene rings is 1. The number of hydrogen-bond acceptors (Lipinski definition) is 3. The lowest BCUT2D eigenvalue weighted by Gasteiger charge is -2.22.